The molecule has 1 aliphatic heterocycles. The van der Waals surface area contributed by atoms with Crippen LogP contribution in [-0.4, -0.2) is 0 Å². The van der Waals surface area contributed by atoms with Gasteiger partial charge in [-0.25, -0.2) is 0 Å². The van der Waals surface area contributed by atoms with E-state index < -0.39 is 0 Å². The van der Waals surface area contributed by atoms with E-state index in [1.54, 1.807) is 21.6 Å². The van der Waals surface area contributed by atoms with Crippen LogP contribution in [0.1, 0.15) is 119 Å². The topological polar surface area (TPSA) is 52.6 Å². The highest BCUT2D eigenvalue weighted by molar-refractivity contribution is 8.09. The predicted molar refractivity (Wildman–Crippen MR) is 333 cm³/mol. The van der Waals surface area contributed by atoms with E-state index in [0.29, 0.717) is 11.2 Å². The fourth-order valence-corrected chi connectivity index (χ4v) is 16.2. The van der Waals surface area contributed by atoms with Crippen molar-refractivity contribution in [3.8, 4) is 32.7 Å². The Kier molecular flexibility index (Phi) is 12.9. The van der Waals surface area contributed by atoms with Crippen molar-refractivity contribution in [2.75, 3.05) is 0 Å². The molecule has 6 heterocycles. The SMILES string of the molecule is CCCCC1=C(c2ccc3oc4c(ccc5c6cc(-c7ccccc7)ccc6oc54)c3c2)SC(c2sc(-c3ccc4oc5c(ccc6c7cc(-c8ccccc8)ccc7oc65)c4c3)c(CCCC)c2CCCC)C1CCCC. The van der Waals surface area contributed by atoms with Crippen LogP contribution in [-0.2, 0) is 12.8 Å². The summed E-state index contributed by atoms with van der Waals surface area (Å²) in [5.74, 6) is 0.463. The molecule has 6 heteroatoms. The van der Waals surface area contributed by atoms with Crippen molar-refractivity contribution in [3.63, 3.8) is 0 Å². The van der Waals surface area contributed by atoms with Crippen molar-refractivity contribution in [1.29, 1.82) is 0 Å². The van der Waals surface area contributed by atoms with Crippen molar-refractivity contribution in [2.24, 2.45) is 5.92 Å². The number of furan rings is 4. The number of thioether (sulfide) groups is 1. The maximum atomic E-state index is 6.80. The number of hydrogen-bond acceptors (Lipinski definition) is 6. The second kappa shape index (κ2) is 20.5. The monoisotopic (exact) mass is 1060 g/mol. The number of allylic oxidation sites excluding steroid dienone is 1. The van der Waals surface area contributed by atoms with E-state index >= 15 is 0 Å². The van der Waals surface area contributed by atoms with Crippen LogP contribution in [0.4, 0.5) is 0 Å². The minimum absolute atomic E-state index is 0.347. The lowest BCUT2D eigenvalue weighted by Crippen LogP contribution is -2.10. The molecule has 2 atom stereocenters. The highest BCUT2D eigenvalue weighted by Gasteiger charge is 2.39. The van der Waals surface area contributed by atoms with Crippen LogP contribution in [0, 0.1) is 5.92 Å². The van der Waals surface area contributed by atoms with Gasteiger partial charge in [0.1, 0.15) is 22.3 Å². The largest absolute Gasteiger partial charge is 0.452 e. The quantitative estimate of drug-likeness (QED) is 0.0909. The molecule has 0 saturated heterocycles. The third-order valence-electron chi connectivity index (χ3n) is 16.9. The van der Waals surface area contributed by atoms with Gasteiger partial charge in [0.15, 0.2) is 22.3 Å². The fraction of sp³-hybridized carbons (Fsp3) is 0.250. The zero-order valence-electron chi connectivity index (χ0n) is 45.1. The molecule has 0 amide bonds. The number of benzene rings is 8. The molecule has 2 unspecified atom stereocenters. The van der Waals surface area contributed by atoms with Crippen molar-refractivity contribution < 1.29 is 17.7 Å². The summed E-state index contributed by atoms with van der Waals surface area (Å²) >= 11 is 4.27. The molecule has 14 rings (SSSR count). The summed E-state index contributed by atoms with van der Waals surface area (Å²) < 4.78 is 26.9. The molecule has 0 saturated carbocycles. The van der Waals surface area contributed by atoms with Crippen LogP contribution < -0.4 is 0 Å². The lowest BCUT2D eigenvalue weighted by molar-refractivity contribution is 0.508. The van der Waals surface area contributed by atoms with Gasteiger partial charge in [-0.2, -0.15) is 0 Å². The minimum atomic E-state index is 0.347. The molecule has 0 spiro atoms. The third-order valence-corrected chi connectivity index (χ3v) is 20.0. The van der Waals surface area contributed by atoms with Gasteiger partial charge in [-0.15, -0.1) is 23.1 Å². The summed E-state index contributed by atoms with van der Waals surface area (Å²) in [7, 11) is 0. The molecule has 5 aromatic heterocycles. The van der Waals surface area contributed by atoms with Gasteiger partial charge in [0.2, 0.25) is 0 Å². The molecule has 1 aliphatic rings. The first-order chi connectivity index (χ1) is 38.5. The number of fused-ring (bicyclic) bond motifs is 14. The maximum Gasteiger partial charge on any atom is 0.178 e. The Balaban J connectivity index is 0.870. The summed E-state index contributed by atoms with van der Waals surface area (Å²) in [4.78, 5) is 4.53. The highest BCUT2D eigenvalue weighted by Crippen LogP contribution is 2.61. The van der Waals surface area contributed by atoms with Crippen LogP contribution in [0.2, 0.25) is 0 Å². The third kappa shape index (κ3) is 8.32. The lowest BCUT2D eigenvalue weighted by atomic mass is 9.84. The van der Waals surface area contributed by atoms with Crippen molar-refractivity contribution >= 4 is 116 Å². The normalized spacial score (nSPS) is 15.2. The summed E-state index contributed by atoms with van der Waals surface area (Å²) in [5.41, 5.74) is 19.0. The van der Waals surface area contributed by atoms with Crippen molar-refractivity contribution in [3.05, 3.63) is 185 Å². The van der Waals surface area contributed by atoms with Crippen LogP contribution in [0.15, 0.2) is 181 Å². The molecule has 0 fully saturated rings. The molecule has 78 heavy (non-hydrogen) atoms. The number of hydrogen-bond donors (Lipinski definition) is 0. The van der Waals surface area contributed by atoms with E-state index in [0.717, 1.165) is 113 Å². The lowest BCUT2D eigenvalue weighted by Gasteiger charge is -2.23. The average molecular weight is 1060 g/mol. The van der Waals surface area contributed by atoms with E-state index in [-0.39, 0.29) is 0 Å². The molecule has 0 bridgehead atoms. The van der Waals surface area contributed by atoms with Gasteiger partial charge in [-0.3, -0.25) is 0 Å². The molecule has 8 aromatic carbocycles. The Morgan fingerprint density at radius 3 is 1.26 bits per heavy atom. The Morgan fingerprint density at radius 2 is 0.782 bits per heavy atom. The van der Waals surface area contributed by atoms with E-state index in [1.807, 2.05) is 0 Å². The summed E-state index contributed by atoms with van der Waals surface area (Å²) in [6, 6.07) is 57.2. The Bertz CT molecular complexity index is 4420. The minimum Gasteiger partial charge on any atom is -0.452 e. The van der Waals surface area contributed by atoms with Gasteiger partial charge in [-0.1, -0.05) is 144 Å². The first-order valence-corrected chi connectivity index (χ1v) is 30.5. The average Bonchev–Trinajstić information content (AvgIpc) is 4.33. The number of rotatable bonds is 17. The van der Waals surface area contributed by atoms with Crippen molar-refractivity contribution in [2.45, 2.75) is 110 Å². The smallest absolute Gasteiger partial charge is 0.178 e. The van der Waals surface area contributed by atoms with Crippen molar-refractivity contribution in [1.82, 2.24) is 0 Å². The zero-order chi connectivity index (χ0) is 52.4. The van der Waals surface area contributed by atoms with Crippen LogP contribution >= 0.6 is 23.1 Å². The molecular formula is C72H64O4S2. The zero-order valence-corrected chi connectivity index (χ0v) is 46.7. The maximum absolute atomic E-state index is 6.80. The number of thiophene rings is 1. The first-order valence-electron chi connectivity index (χ1n) is 28.8. The van der Waals surface area contributed by atoms with Gasteiger partial charge < -0.3 is 17.7 Å². The van der Waals surface area contributed by atoms with E-state index in [4.69, 9.17) is 17.7 Å². The highest BCUT2D eigenvalue weighted by atomic mass is 32.2. The molecular weight excluding hydrogens is 993 g/mol. The van der Waals surface area contributed by atoms with Crippen LogP contribution in [0.25, 0.3) is 125 Å². The number of unbranched alkanes of at least 4 members (excludes halogenated alkanes) is 4. The van der Waals surface area contributed by atoms with E-state index in [2.05, 4.69) is 209 Å². The van der Waals surface area contributed by atoms with Gasteiger partial charge >= 0.3 is 0 Å². The molecule has 4 nitrogen and oxygen atoms in total. The first kappa shape index (κ1) is 49.1. The second-order valence-electron chi connectivity index (χ2n) is 21.8. The van der Waals surface area contributed by atoms with Crippen LogP contribution in [0.3, 0.4) is 0 Å². The predicted octanol–water partition coefficient (Wildman–Crippen LogP) is 23.2. The summed E-state index contributed by atoms with van der Waals surface area (Å²) in [5, 5.41) is 9.22. The van der Waals surface area contributed by atoms with Crippen LogP contribution in [0.5, 0.6) is 0 Å². The summed E-state index contributed by atoms with van der Waals surface area (Å²) in [6.07, 6.45) is 14.0. The summed E-state index contributed by atoms with van der Waals surface area (Å²) in [6.45, 7) is 9.41. The molecule has 13 aromatic rings. The van der Waals surface area contributed by atoms with E-state index in [1.165, 1.54) is 94.5 Å². The van der Waals surface area contributed by atoms with Gasteiger partial charge in [-0.05, 0) is 174 Å². The standard InChI is InChI=1S/C72H64O4S2/c1-5-9-23-53-55(25-11-7-3)71(77-69(53)47-29-37-63-59(41-47)51-33-31-49-57-39-45(43-19-15-13-16-20-43)27-35-61(57)73-65(49)67(51)75-63)72-56(26-12-8-4)54(24-10-6-2)70(78-72)48-30-38-64-60(42-48)52-34-32-50-58-40-46(44-21-17-14-18-22-44)28-36-62(58)74-66(50)68(52)76-64/h13-22,27-42,55,71H,5-12,23-26H2,1-4H3. The fourth-order valence-electron chi connectivity index (χ4n) is 12.8. The Morgan fingerprint density at radius 1 is 0.372 bits per heavy atom. The second-order valence-corrected chi connectivity index (χ2v) is 24.0. The Labute approximate surface area is 464 Å². The van der Waals surface area contributed by atoms with Gasteiger partial charge in [0, 0.05) is 57.7 Å². The van der Waals surface area contributed by atoms with E-state index in [9.17, 15) is 0 Å². The molecule has 0 aliphatic carbocycles. The Hall–Kier alpha value is -7.25. The molecule has 388 valence electrons. The van der Waals surface area contributed by atoms with Gasteiger partial charge in [0.25, 0.3) is 0 Å². The molecule has 0 N–H and O–H groups in total. The molecule has 0 radical (unpaired) electrons. The van der Waals surface area contributed by atoms with Gasteiger partial charge in [0.05, 0.1) is 5.25 Å².